The summed E-state index contributed by atoms with van der Waals surface area (Å²) in [4.78, 5) is 12.0. The molecular weight excluding hydrogens is 349 g/mol. The number of carbonyl (C=O) groups is 1. The maximum Gasteiger partial charge on any atom is 0.411 e. The summed E-state index contributed by atoms with van der Waals surface area (Å²) < 4.78 is 66.3. The van der Waals surface area contributed by atoms with Crippen LogP contribution in [0.1, 0.15) is 22.8 Å². The number of alkyl halides is 3. The van der Waals surface area contributed by atoms with Crippen molar-refractivity contribution in [2.75, 3.05) is 26.3 Å². The molecule has 0 bridgehead atoms. The van der Waals surface area contributed by atoms with Gasteiger partial charge in [-0.2, -0.15) is 13.2 Å². The van der Waals surface area contributed by atoms with Gasteiger partial charge < -0.3 is 10.1 Å². The Labute approximate surface area is 138 Å². The molecule has 1 aromatic carbocycles. The SMILES string of the molecule is CCNS(=O)(=O)c1ccc(C)c(C(=O)NCCOCC(F)(F)F)c1. The standard InChI is InChI=1S/C14H19F3N2O4S/c1-3-19-24(21,22)11-5-4-10(2)12(8-11)13(20)18-6-7-23-9-14(15,16)17/h4-5,8,19H,3,6-7,9H2,1-2H3,(H,18,20). The second-order valence-electron chi connectivity index (χ2n) is 4.90. The maximum absolute atomic E-state index is 12.1. The number of benzene rings is 1. The molecule has 0 saturated carbocycles. The Morgan fingerprint density at radius 2 is 1.96 bits per heavy atom. The molecule has 0 aromatic heterocycles. The first-order chi connectivity index (χ1) is 11.1. The lowest BCUT2D eigenvalue weighted by atomic mass is 10.1. The first-order valence-electron chi connectivity index (χ1n) is 7.10. The molecule has 0 unspecified atom stereocenters. The van der Waals surface area contributed by atoms with Gasteiger partial charge in [0, 0.05) is 18.7 Å². The number of nitrogens with one attached hydrogen (secondary N) is 2. The number of hydrogen-bond donors (Lipinski definition) is 2. The number of rotatable bonds is 8. The lowest BCUT2D eigenvalue weighted by molar-refractivity contribution is -0.173. The maximum atomic E-state index is 12.1. The molecule has 0 saturated heterocycles. The van der Waals surface area contributed by atoms with Crippen LogP contribution >= 0.6 is 0 Å². The van der Waals surface area contributed by atoms with Gasteiger partial charge in [-0.15, -0.1) is 0 Å². The summed E-state index contributed by atoms with van der Waals surface area (Å²) in [5.74, 6) is -0.586. The molecule has 0 aliphatic carbocycles. The number of halogens is 3. The van der Waals surface area contributed by atoms with Gasteiger partial charge in [0.1, 0.15) is 6.61 Å². The zero-order valence-electron chi connectivity index (χ0n) is 13.2. The first-order valence-corrected chi connectivity index (χ1v) is 8.58. The topological polar surface area (TPSA) is 84.5 Å². The quantitative estimate of drug-likeness (QED) is 0.683. The molecule has 0 aliphatic heterocycles. The summed E-state index contributed by atoms with van der Waals surface area (Å²) in [5, 5.41) is 2.39. The van der Waals surface area contributed by atoms with Crippen molar-refractivity contribution >= 4 is 15.9 Å². The van der Waals surface area contributed by atoms with Crippen LogP contribution in [0.2, 0.25) is 0 Å². The van der Waals surface area contributed by atoms with E-state index in [1.54, 1.807) is 13.8 Å². The first kappa shape index (κ1) is 20.4. The molecule has 0 fully saturated rings. The van der Waals surface area contributed by atoms with Gasteiger partial charge >= 0.3 is 6.18 Å². The van der Waals surface area contributed by atoms with Crippen LogP contribution in [0.3, 0.4) is 0 Å². The minimum absolute atomic E-state index is 0.0616. The van der Waals surface area contributed by atoms with Crippen molar-refractivity contribution in [1.29, 1.82) is 0 Å². The molecule has 0 aliphatic rings. The highest BCUT2D eigenvalue weighted by molar-refractivity contribution is 7.89. The summed E-state index contributed by atoms with van der Waals surface area (Å²) >= 11 is 0. The highest BCUT2D eigenvalue weighted by Gasteiger charge is 2.27. The lowest BCUT2D eigenvalue weighted by Gasteiger charge is -2.11. The third kappa shape index (κ3) is 6.46. The summed E-state index contributed by atoms with van der Waals surface area (Å²) in [6, 6.07) is 4.08. The predicted molar refractivity (Wildman–Crippen MR) is 81.2 cm³/mol. The summed E-state index contributed by atoms with van der Waals surface area (Å²) in [6.45, 7) is 1.63. The van der Waals surface area contributed by atoms with E-state index in [1.807, 2.05) is 0 Å². The number of amides is 1. The Morgan fingerprint density at radius 3 is 2.54 bits per heavy atom. The monoisotopic (exact) mass is 368 g/mol. The van der Waals surface area contributed by atoms with Crippen LogP contribution < -0.4 is 10.0 Å². The van der Waals surface area contributed by atoms with E-state index in [-0.39, 0.29) is 30.2 Å². The smallest absolute Gasteiger partial charge is 0.370 e. The minimum Gasteiger partial charge on any atom is -0.370 e. The molecule has 2 N–H and O–H groups in total. The van der Waals surface area contributed by atoms with Crippen LogP contribution in [0.15, 0.2) is 23.1 Å². The Morgan fingerprint density at radius 1 is 1.29 bits per heavy atom. The highest BCUT2D eigenvalue weighted by atomic mass is 32.2. The van der Waals surface area contributed by atoms with Crippen LogP contribution in [0.25, 0.3) is 0 Å². The summed E-state index contributed by atoms with van der Waals surface area (Å²) in [7, 11) is -3.71. The van der Waals surface area contributed by atoms with Gasteiger partial charge in [-0.05, 0) is 24.6 Å². The number of hydrogen-bond acceptors (Lipinski definition) is 4. The molecule has 0 spiro atoms. The predicted octanol–water partition coefficient (Wildman–Crippen LogP) is 1.60. The number of carbonyl (C=O) groups excluding carboxylic acids is 1. The summed E-state index contributed by atoms with van der Waals surface area (Å²) in [5.41, 5.74) is 0.670. The van der Waals surface area contributed by atoms with Crippen molar-refractivity contribution in [3.8, 4) is 0 Å². The van der Waals surface area contributed by atoms with Gasteiger partial charge in [-0.3, -0.25) is 4.79 Å². The van der Waals surface area contributed by atoms with Gasteiger partial charge in [0.2, 0.25) is 10.0 Å². The highest BCUT2D eigenvalue weighted by Crippen LogP contribution is 2.16. The molecular formula is C14H19F3N2O4S. The van der Waals surface area contributed by atoms with Crippen LogP contribution in [-0.2, 0) is 14.8 Å². The van der Waals surface area contributed by atoms with Crippen molar-refractivity contribution in [3.05, 3.63) is 29.3 Å². The van der Waals surface area contributed by atoms with E-state index in [2.05, 4.69) is 14.8 Å². The van der Waals surface area contributed by atoms with Gasteiger partial charge in [0.15, 0.2) is 0 Å². The minimum atomic E-state index is -4.42. The molecule has 6 nitrogen and oxygen atoms in total. The second kappa shape index (κ2) is 8.45. The number of ether oxygens (including phenoxy) is 1. The van der Waals surface area contributed by atoms with E-state index in [1.165, 1.54) is 18.2 Å². The van der Waals surface area contributed by atoms with E-state index < -0.39 is 28.7 Å². The molecule has 0 atom stereocenters. The molecule has 24 heavy (non-hydrogen) atoms. The largest absolute Gasteiger partial charge is 0.411 e. The molecule has 136 valence electrons. The van der Waals surface area contributed by atoms with Crippen LogP contribution in [-0.4, -0.2) is 46.8 Å². The molecule has 1 rings (SSSR count). The van der Waals surface area contributed by atoms with E-state index in [4.69, 9.17) is 0 Å². The average Bonchev–Trinajstić information content (AvgIpc) is 2.45. The van der Waals surface area contributed by atoms with Gasteiger partial charge in [0.05, 0.1) is 11.5 Å². The molecule has 0 radical (unpaired) electrons. The fraction of sp³-hybridized carbons (Fsp3) is 0.500. The molecule has 0 heterocycles. The zero-order valence-corrected chi connectivity index (χ0v) is 14.1. The Bertz CT molecular complexity index is 675. The van der Waals surface area contributed by atoms with Crippen LogP contribution in [0, 0.1) is 6.92 Å². The average molecular weight is 368 g/mol. The summed E-state index contributed by atoms with van der Waals surface area (Å²) in [6.07, 6.45) is -4.42. The normalized spacial score (nSPS) is 12.2. The molecule has 1 amide bonds. The zero-order chi connectivity index (χ0) is 18.4. The van der Waals surface area contributed by atoms with E-state index in [9.17, 15) is 26.4 Å². The third-order valence-corrected chi connectivity index (χ3v) is 4.44. The number of sulfonamides is 1. The van der Waals surface area contributed by atoms with Crippen LogP contribution in [0.5, 0.6) is 0 Å². The Hall–Kier alpha value is -1.65. The van der Waals surface area contributed by atoms with Crippen molar-refractivity contribution in [1.82, 2.24) is 10.0 Å². The molecule has 1 aromatic rings. The van der Waals surface area contributed by atoms with Gasteiger partial charge in [0.25, 0.3) is 5.91 Å². The van der Waals surface area contributed by atoms with Gasteiger partial charge in [-0.1, -0.05) is 13.0 Å². The van der Waals surface area contributed by atoms with E-state index >= 15 is 0 Å². The third-order valence-electron chi connectivity index (χ3n) is 2.90. The van der Waals surface area contributed by atoms with E-state index in [0.717, 1.165) is 0 Å². The fourth-order valence-electron chi connectivity index (χ4n) is 1.81. The Balaban J connectivity index is 2.70. The van der Waals surface area contributed by atoms with E-state index in [0.29, 0.717) is 5.56 Å². The molecule has 10 heteroatoms. The van der Waals surface area contributed by atoms with Crippen LogP contribution in [0.4, 0.5) is 13.2 Å². The van der Waals surface area contributed by atoms with Crippen molar-refractivity contribution in [2.24, 2.45) is 0 Å². The van der Waals surface area contributed by atoms with Gasteiger partial charge in [-0.25, -0.2) is 13.1 Å². The lowest BCUT2D eigenvalue weighted by Crippen LogP contribution is -2.30. The van der Waals surface area contributed by atoms with Crippen molar-refractivity contribution in [2.45, 2.75) is 24.9 Å². The van der Waals surface area contributed by atoms with Crippen molar-refractivity contribution < 1.29 is 31.1 Å². The Kier molecular flexibility index (Phi) is 7.18. The fourth-order valence-corrected chi connectivity index (χ4v) is 2.87. The number of aryl methyl sites for hydroxylation is 1. The van der Waals surface area contributed by atoms with Crippen molar-refractivity contribution in [3.63, 3.8) is 0 Å². The second-order valence-corrected chi connectivity index (χ2v) is 6.67.